The Labute approximate surface area is 175 Å². The van der Waals surface area contributed by atoms with Gasteiger partial charge in [0.1, 0.15) is 5.82 Å². The maximum atomic E-state index is 14.0. The van der Waals surface area contributed by atoms with Crippen molar-refractivity contribution in [2.75, 3.05) is 37.6 Å². The van der Waals surface area contributed by atoms with Gasteiger partial charge in [-0.1, -0.05) is 13.3 Å². The fourth-order valence-electron chi connectivity index (χ4n) is 4.60. The molecule has 0 spiro atoms. The lowest BCUT2D eigenvalue weighted by atomic mass is 9.80. The number of anilines is 1. The molecule has 3 atom stereocenters. The largest absolute Gasteiger partial charge is 0.391 e. The summed E-state index contributed by atoms with van der Waals surface area (Å²) in [5.74, 6) is -2.84. The molecular formula is C22H31F4N3O. The Morgan fingerprint density at radius 3 is 2.53 bits per heavy atom. The minimum absolute atomic E-state index is 0.0839. The Balaban J connectivity index is 1.69. The van der Waals surface area contributed by atoms with E-state index in [1.54, 1.807) is 13.0 Å². The highest BCUT2D eigenvalue weighted by Crippen LogP contribution is 2.40. The summed E-state index contributed by atoms with van der Waals surface area (Å²) < 4.78 is 53.2. The van der Waals surface area contributed by atoms with Gasteiger partial charge in [0, 0.05) is 43.3 Å². The summed E-state index contributed by atoms with van der Waals surface area (Å²) >= 11 is 0. The molecule has 0 bridgehead atoms. The number of rotatable bonds is 5. The summed E-state index contributed by atoms with van der Waals surface area (Å²) in [5, 5.41) is 2.85. The lowest BCUT2D eigenvalue weighted by Gasteiger charge is -2.37. The molecule has 1 saturated heterocycles. The number of benzene rings is 1. The molecule has 3 unspecified atom stereocenters. The Morgan fingerprint density at radius 1 is 1.20 bits per heavy atom. The van der Waals surface area contributed by atoms with Crippen LogP contribution < -0.4 is 10.2 Å². The number of hydrogen-bond donors (Lipinski definition) is 1. The summed E-state index contributed by atoms with van der Waals surface area (Å²) in [6, 6.07) is 4.08. The monoisotopic (exact) mass is 429 g/mol. The molecule has 0 radical (unpaired) electrons. The molecule has 3 rings (SSSR count). The molecule has 2 fully saturated rings. The summed E-state index contributed by atoms with van der Waals surface area (Å²) in [6.07, 6.45) is -3.50. The first kappa shape index (κ1) is 22.8. The Kier molecular flexibility index (Phi) is 7.26. The quantitative estimate of drug-likeness (QED) is 0.700. The SMILES string of the molecule is CCN1CCN(c2ccc(F)cc2C(C)NC(=O)C2CCCC(C(F)(F)F)C2)CC1. The molecule has 8 heteroatoms. The van der Waals surface area contributed by atoms with Gasteiger partial charge in [-0.2, -0.15) is 13.2 Å². The molecule has 0 aromatic heterocycles. The molecule has 1 aliphatic carbocycles. The van der Waals surface area contributed by atoms with Crippen molar-refractivity contribution in [1.29, 1.82) is 0 Å². The van der Waals surface area contributed by atoms with Crippen molar-refractivity contribution >= 4 is 11.6 Å². The van der Waals surface area contributed by atoms with Gasteiger partial charge in [0.15, 0.2) is 0 Å². The van der Waals surface area contributed by atoms with E-state index in [4.69, 9.17) is 0 Å². The maximum absolute atomic E-state index is 14.0. The molecule has 1 N–H and O–H groups in total. The van der Waals surface area contributed by atoms with Gasteiger partial charge >= 0.3 is 6.18 Å². The van der Waals surface area contributed by atoms with E-state index in [2.05, 4.69) is 22.0 Å². The Hall–Kier alpha value is -1.83. The minimum Gasteiger partial charge on any atom is -0.369 e. The molecular weight excluding hydrogens is 398 g/mol. The van der Waals surface area contributed by atoms with Crippen LogP contribution in [0.25, 0.3) is 0 Å². The first-order valence-electron chi connectivity index (χ1n) is 10.8. The lowest BCUT2D eigenvalue weighted by Crippen LogP contribution is -2.46. The van der Waals surface area contributed by atoms with Crippen molar-refractivity contribution in [3.63, 3.8) is 0 Å². The molecule has 1 aromatic carbocycles. The van der Waals surface area contributed by atoms with Crippen molar-refractivity contribution in [3.8, 4) is 0 Å². The number of nitrogens with zero attached hydrogens (tertiary/aromatic N) is 2. The lowest BCUT2D eigenvalue weighted by molar-refractivity contribution is -0.186. The highest BCUT2D eigenvalue weighted by Gasteiger charge is 2.43. The summed E-state index contributed by atoms with van der Waals surface area (Å²) in [6.45, 7) is 8.31. The number of halogens is 4. The fraction of sp³-hybridized carbons (Fsp3) is 0.682. The van der Waals surface area contributed by atoms with Crippen molar-refractivity contribution in [3.05, 3.63) is 29.6 Å². The topological polar surface area (TPSA) is 35.6 Å². The number of likely N-dealkylation sites (N-methyl/N-ethyl adjacent to an activating group) is 1. The van der Waals surface area contributed by atoms with Crippen LogP contribution in [0.1, 0.15) is 51.1 Å². The average molecular weight is 430 g/mol. The third-order valence-electron chi connectivity index (χ3n) is 6.48. The van der Waals surface area contributed by atoms with Gasteiger partial charge in [-0.05, 0) is 50.9 Å². The van der Waals surface area contributed by atoms with Crippen LogP contribution in [0.2, 0.25) is 0 Å². The fourth-order valence-corrected chi connectivity index (χ4v) is 4.60. The molecule has 30 heavy (non-hydrogen) atoms. The molecule has 4 nitrogen and oxygen atoms in total. The smallest absolute Gasteiger partial charge is 0.369 e. The number of carbonyl (C=O) groups is 1. The highest BCUT2D eigenvalue weighted by atomic mass is 19.4. The zero-order chi connectivity index (χ0) is 21.9. The van der Waals surface area contributed by atoms with Crippen molar-refractivity contribution in [2.45, 2.75) is 51.7 Å². The van der Waals surface area contributed by atoms with Crippen LogP contribution in [0.5, 0.6) is 0 Å². The number of nitrogens with one attached hydrogen (secondary N) is 1. The first-order chi connectivity index (χ1) is 14.2. The summed E-state index contributed by atoms with van der Waals surface area (Å²) in [7, 11) is 0. The van der Waals surface area contributed by atoms with E-state index in [-0.39, 0.29) is 18.7 Å². The summed E-state index contributed by atoms with van der Waals surface area (Å²) in [4.78, 5) is 17.2. The van der Waals surface area contributed by atoms with Gasteiger partial charge in [-0.15, -0.1) is 0 Å². The predicted molar refractivity (Wildman–Crippen MR) is 109 cm³/mol. The van der Waals surface area contributed by atoms with Gasteiger partial charge in [0.25, 0.3) is 0 Å². The Morgan fingerprint density at radius 2 is 1.90 bits per heavy atom. The van der Waals surface area contributed by atoms with Gasteiger partial charge in [-0.3, -0.25) is 4.79 Å². The van der Waals surface area contributed by atoms with Crippen LogP contribution in [0, 0.1) is 17.7 Å². The third kappa shape index (κ3) is 5.45. The molecule has 2 aliphatic rings. The average Bonchev–Trinajstić information content (AvgIpc) is 2.73. The predicted octanol–water partition coefficient (Wildman–Crippen LogP) is 4.51. The normalized spacial score (nSPS) is 24.5. The van der Waals surface area contributed by atoms with E-state index in [1.165, 1.54) is 12.1 Å². The molecule has 1 saturated carbocycles. The van der Waals surface area contributed by atoms with Crippen LogP contribution in [-0.2, 0) is 4.79 Å². The number of amides is 1. The van der Waals surface area contributed by atoms with E-state index >= 15 is 0 Å². The second-order valence-corrected chi connectivity index (χ2v) is 8.46. The number of piperazine rings is 1. The van der Waals surface area contributed by atoms with Crippen LogP contribution in [0.15, 0.2) is 18.2 Å². The van der Waals surface area contributed by atoms with Crippen LogP contribution in [0.3, 0.4) is 0 Å². The second kappa shape index (κ2) is 9.54. The van der Waals surface area contributed by atoms with Crippen LogP contribution in [0.4, 0.5) is 23.2 Å². The third-order valence-corrected chi connectivity index (χ3v) is 6.48. The number of alkyl halides is 3. The van der Waals surface area contributed by atoms with Gasteiger partial charge in [0.05, 0.1) is 12.0 Å². The number of carbonyl (C=O) groups excluding carboxylic acids is 1. The zero-order valence-electron chi connectivity index (χ0n) is 17.6. The van der Waals surface area contributed by atoms with Crippen LogP contribution >= 0.6 is 0 Å². The summed E-state index contributed by atoms with van der Waals surface area (Å²) in [5.41, 5.74) is 1.54. The molecule has 1 aliphatic heterocycles. The molecule has 1 heterocycles. The van der Waals surface area contributed by atoms with E-state index in [9.17, 15) is 22.4 Å². The van der Waals surface area contributed by atoms with Gasteiger partial charge in [0.2, 0.25) is 5.91 Å². The molecule has 1 amide bonds. The maximum Gasteiger partial charge on any atom is 0.391 e. The van der Waals surface area contributed by atoms with Crippen LogP contribution in [-0.4, -0.2) is 49.7 Å². The van der Waals surface area contributed by atoms with Crippen molar-refractivity contribution in [2.24, 2.45) is 11.8 Å². The second-order valence-electron chi connectivity index (χ2n) is 8.46. The van der Waals surface area contributed by atoms with Crippen molar-refractivity contribution < 1.29 is 22.4 Å². The van der Waals surface area contributed by atoms with Gasteiger partial charge < -0.3 is 15.1 Å². The van der Waals surface area contributed by atoms with Crippen molar-refractivity contribution in [1.82, 2.24) is 10.2 Å². The van der Waals surface area contributed by atoms with E-state index in [0.717, 1.165) is 38.4 Å². The minimum atomic E-state index is -4.26. The molecule has 168 valence electrons. The van der Waals surface area contributed by atoms with Gasteiger partial charge in [-0.25, -0.2) is 4.39 Å². The van der Waals surface area contributed by atoms with E-state index in [1.807, 2.05) is 0 Å². The van der Waals surface area contributed by atoms with E-state index in [0.29, 0.717) is 18.4 Å². The molecule has 1 aromatic rings. The highest BCUT2D eigenvalue weighted by molar-refractivity contribution is 5.79. The first-order valence-corrected chi connectivity index (χ1v) is 10.8. The zero-order valence-corrected chi connectivity index (χ0v) is 17.6. The van der Waals surface area contributed by atoms with E-state index < -0.39 is 29.9 Å². The number of hydrogen-bond acceptors (Lipinski definition) is 3. The standard InChI is InChI=1S/C22H31F4N3O/c1-3-28-9-11-29(12-10-28)20-8-7-18(23)14-19(20)15(2)27-21(30)16-5-4-6-17(13-16)22(24,25)26/h7-8,14-17H,3-6,9-13H2,1-2H3,(H,27,30). The Bertz CT molecular complexity index is 732.